The lowest BCUT2D eigenvalue weighted by Crippen LogP contribution is -2.21. The first kappa shape index (κ1) is 20.5. The Morgan fingerprint density at radius 1 is 1.21 bits per heavy atom. The Kier molecular flexibility index (Phi) is 5.92. The molecular formula is C19H20N2O7S. The Morgan fingerprint density at radius 2 is 2.00 bits per heavy atom. The molecule has 10 heteroatoms. The summed E-state index contributed by atoms with van der Waals surface area (Å²) < 4.78 is 44.1. The Morgan fingerprint density at radius 3 is 2.72 bits per heavy atom. The summed E-state index contributed by atoms with van der Waals surface area (Å²) in [5, 5.41) is 0. The molecule has 0 aliphatic heterocycles. The Balaban J connectivity index is 1.89. The number of nitrogens with zero attached hydrogens (tertiary/aromatic N) is 1. The lowest BCUT2D eigenvalue weighted by molar-refractivity contribution is -0.144. The SMILES string of the molecule is CCCOC(=O)Cn1c(=O)oc2cc(S(=O)(=O)Nc3cccc(OC)c3)ccc21. The van der Waals surface area contributed by atoms with Crippen molar-refractivity contribution in [3.8, 4) is 5.75 Å². The van der Waals surface area contributed by atoms with E-state index in [9.17, 15) is 18.0 Å². The largest absolute Gasteiger partial charge is 0.497 e. The van der Waals surface area contributed by atoms with Gasteiger partial charge in [0.25, 0.3) is 10.0 Å². The van der Waals surface area contributed by atoms with Gasteiger partial charge in [-0.2, -0.15) is 0 Å². The fourth-order valence-corrected chi connectivity index (χ4v) is 3.72. The van der Waals surface area contributed by atoms with Crippen molar-refractivity contribution in [3.05, 3.63) is 53.0 Å². The number of nitrogens with one attached hydrogen (secondary N) is 1. The number of benzene rings is 2. The fraction of sp³-hybridized carbons (Fsp3) is 0.263. The Hall–Kier alpha value is -3.27. The summed E-state index contributed by atoms with van der Waals surface area (Å²) in [5.74, 6) is -0.851. The molecule has 154 valence electrons. The summed E-state index contributed by atoms with van der Waals surface area (Å²) in [6.45, 7) is 1.79. The minimum absolute atomic E-state index is 0.0480. The summed E-state index contributed by atoms with van der Waals surface area (Å²) in [6.07, 6.45) is 0.661. The van der Waals surface area contributed by atoms with E-state index in [1.165, 1.54) is 31.4 Å². The first-order valence-electron chi connectivity index (χ1n) is 8.80. The maximum absolute atomic E-state index is 12.7. The van der Waals surface area contributed by atoms with Crippen molar-refractivity contribution in [1.29, 1.82) is 0 Å². The van der Waals surface area contributed by atoms with Crippen LogP contribution in [-0.4, -0.2) is 32.7 Å². The number of ether oxygens (including phenoxy) is 2. The average molecular weight is 420 g/mol. The molecule has 3 aromatic rings. The Bertz CT molecular complexity index is 1190. The minimum atomic E-state index is -3.94. The van der Waals surface area contributed by atoms with E-state index in [0.717, 1.165) is 4.57 Å². The molecule has 9 nitrogen and oxygen atoms in total. The van der Waals surface area contributed by atoms with E-state index in [1.807, 2.05) is 6.92 Å². The van der Waals surface area contributed by atoms with Crippen LogP contribution in [0.1, 0.15) is 13.3 Å². The number of aromatic nitrogens is 1. The van der Waals surface area contributed by atoms with Crippen LogP contribution in [0.15, 0.2) is 56.6 Å². The van der Waals surface area contributed by atoms with E-state index in [-0.39, 0.29) is 23.6 Å². The number of carbonyl (C=O) groups is 1. The van der Waals surface area contributed by atoms with E-state index >= 15 is 0 Å². The van der Waals surface area contributed by atoms with Crippen LogP contribution >= 0.6 is 0 Å². The van der Waals surface area contributed by atoms with Crippen LogP contribution in [0.3, 0.4) is 0 Å². The smallest absolute Gasteiger partial charge is 0.420 e. The summed E-state index contributed by atoms with van der Waals surface area (Å²) >= 11 is 0. The van der Waals surface area contributed by atoms with Crippen molar-refractivity contribution < 1.29 is 27.1 Å². The molecule has 1 N–H and O–H groups in total. The maximum atomic E-state index is 12.7. The lowest BCUT2D eigenvalue weighted by atomic mass is 10.3. The molecule has 1 heterocycles. The zero-order valence-electron chi connectivity index (χ0n) is 15.9. The molecule has 0 radical (unpaired) electrons. The van der Waals surface area contributed by atoms with Gasteiger partial charge in [0, 0.05) is 12.1 Å². The molecule has 0 aliphatic carbocycles. The van der Waals surface area contributed by atoms with Crippen LogP contribution < -0.4 is 15.2 Å². The molecule has 0 bridgehead atoms. The molecule has 1 aromatic heterocycles. The second kappa shape index (κ2) is 8.39. The third-order valence-corrected chi connectivity index (χ3v) is 5.41. The van der Waals surface area contributed by atoms with Crippen molar-refractivity contribution in [2.45, 2.75) is 24.8 Å². The normalized spacial score (nSPS) is 11.4. The van der Waals surface area contributed by atoms with Crippen LogP contribution in [0.25, 0.3) is 11.1 Å². The molecule has 29 heavy (non-hydrogen) atoms. The second-order valence-electron chi connectivity index (χ2n) is 6.14. The fourth-order valence-electron chi connectivity index (χ4n) is 2.65. The number of esters is 1. The van der Waals surface area contributed by atoms with Gasteiger partial charge < -0.3 is 13.9 Å². The van der Waals surface area contributed by atoms with E-state index in [0.29, 0.717) is 23.4 Å². The third kappa shape index (κ3) is 4.60. The summed E-state index contributed by atoms with van der Waals surface area (Å²) in [7, 11) is -2.46. The van der Waals surface area contributed by atoms with Gasteiger partial charge in [-0.25, -0.2) is 13.2 Å². The highest BCUT2D eigenvalue weighted by Gasteiger charge is 2.19. The zero-order valence-corrected chi connectivity index (χ0v) is 16.7. The highest BCUT2D eigenvalue weighted by Crippen LogP contribution is 2.23. The van der Waals surface area contributed by atoms with Crippen molar-refractivity contribution >= 4 is 32.8 Å². The monoisotopic (exact) mass is 420 g/mol. The molecule has 2 aromatic carbocycles. The highest BCUT2D eigenvalue weighted by molar-refractivity contribution is 7.92. The highest BCUT2D eigenvalue weighted by atomic mass is 32.2. The van der Waals surface area contributed by atoms with Gasteiger partial charge in [0.1, 0.15) is 12.3 Å². The number of fused-ring (bicyclic) bond motifs is 1. The van der Waals surface area contributed by atoms with E-state index in [4.69, 9.17) is 13.9 Å². The molecular weight excluding hydrogens is 400 g/mol. The molecule has 0 unspecified atom stereocenters. The first-order chi connectivity index (χ1) is 13.8. The topological polar surface area (TPSA) is 117 Å². The molecule has 3 rings (SSSR count). The Labute approximate surface area is 166 Å². The van der Waals surface area contributed by atoms with Crippen LogP contribution in [-0.2, 0) is 26.1 Å². The van der Waals surface area contributed by atoms with Gasteiger partial charge in [0.05, 0.1) is 29.8 Å². The molecule has 0 saturated heterocycles. The van der Waals surface area contributed by atoms with Gasteiger partial charge in [0.15, 0.2) is 5.58 Å². The van der Waals surface area contributed by atoms with Crippen LogP contribution in [0, 0.1) is 0 Å². The molecule has 0 atom stereocenters. The predicted octanol–water partition coefficient (Wildman–Crippen LogP) is 2.36. The number of rotatable bonds is 8. The van der Waals surface area contributed by atoms with Gasteiger partial charge in [-0.1, -0.05) is 13.0 Å². The quantitative estimate of drug-likeness (QED) is 0.556. The van der Waals surface area contributed by atoms with Crippen LogP contribution in [0.2, 0.25) is 0 Å². The van der Waals surface area contributed by atoms with Crippen molar-refractivity contribution in [2.24, 2.45) is 0 Å². The minimum Gasteiger partial charge on any atom is -0.497 e. The van der Waals surface area contributed by atoms with Gasteiger partial charge in [-0.05, 0) is 30.7 Å². The summed E-state index contributed by atoms with van der Waals surface area (Å²) in [5.41, 5.74) is 0.665. The van der Waals surface area contributed by atoms with Gasteiger partial charge in [-0.15, -0.1) is 0 Å². The number of carbonyl (C=O) groups excluding carboxylic acids is 1. The number of sulfonamides is 1. The first-order valence-corrected chi connectivity index (χ1v) is 10.3. The molecule has 0 saturated carbocycles. The molecule has 0 spiro atoms. The molecule has 0 aliphatic rings. The third-order valence-electron chi connectivity index (χ3n) is 4.03. The molecule has 0 amide bonds. The van der Waals surface area contributed by atoms with Crippen LogP contribution in [0.5, 0.6) is 5.75 Å². The lowest BCUT2D eigenvalue weighted by Gasteiger charge is -2.09. The second-order valence-corrected chi connectivity index (χ2v) is 7.82. The van der Waals surface area contributed by atoms with Crippen LogP contribution in [0.4, 0.5) is 5.69 Å². The van der Waals surface area contributed by atoms with E-state index < -0.39 is 21.7 Å². The number of methoxy groups -OCH3 is 1. The zero-order chi connectivity index (χ0) is 21.0. The van der Waals surface area contributed by atoms with Crippen molar-refractivity contribution in [1.82, 2.24) is 4.57 Å². The number of hydrogen-bond donors (Lipinski definition) is 1. The van der Waals surface area contributed by atoms with Crippen molar-refractivity contribution in [2.75, 3.05) is 18.4 Å². The summed E-state index contributed by atoms with van der Waals surface area (Å²) in [4.78, 5) is 23.8. The van der Waals surface area contributed by atoms with E-state index in [1.54, 1.807) is 18.2 Å². The number of hydrogen-bond acceptors (Lipinski definition) is 7. The maximum Gasteiger partial charge on any atom is 0.420 e. The number of oxazole rings is 1. The van der Waals surface area contributed by atoms with Gasteiger partial charge >= 0.3 is 11.7 Å². The predicted molar refractivity (Wildman–Crippen MR) is 106 cm³/mol. The molecule has 0 fully saturated rings. The van der Waals surface area contributed by atoms with Crippen molar-refractivity contribution in [3.63, 3.8) is 0 Å². The van der Waals surface area contributed by atoms with E-state index in [2.05, 4.69) is 4.72 Å². The summed E-state index contributed by atoms with van der Waals surface area (Å²) in [6, 6.07) is 10.4. The average Bonchev–Trinajstić information content (AvgIpc) is 3.00. The standard InChI is InChI=1S/C19H20N2O7S/c1-3-9-27-18(22)12-21-16-8-7-15(11-17(16)28-19(21)23)29(24,25)20-13-5-4-6-14(10-13)26-2/h4-8,10-11,20H,3,9,12H2,1-2H3. The van der Waals surface area contributed by atoms with Gasteiger partial charge in [-0.3, -0.25) is 14.1 Å². The number of anilines is 1. The van der Waals surface area contributed by atoms with Gasteiger partial charge in [0.2, 0.25) is 0 Å².